The first-order chi connectivity index (χ1) is 1.73. The van der Waals surface area contributed by atoms with Crippen LogP contribution in [0.4, 0.5) is 0 Å². The van der Waals surface area contributed by atoms with Gasteiger partial charge in [-0.25, -0.2) is 0 Å². The van der Waals surface area contributed by atoms with Crippen LogP contribution in [0.5, 0.6) is 0 Å². The lowest BCUT2D eigenvalue weighted by molar-refractivity contribution is -0.836. The molecule has 0 aromatic carbocycles. The Labute approximate surface area is 54.5 Å². The summed E-state index contributed by atoms with van der Waals surface area (Å²) in [6.07, 6.45) is 0. The highest BCUT2D eigenvalue weighted by Crippen LogP contribution is 0.864. The van der Waals surface area contributed by atoms with Gasteiger partial charge in [0.15, 0.2) is 0 Å². The van der Waals surface area contributed by atoms with Crippen molar-refractivity contribution in [1.29, 1.82) is 0 Å². The third-order valence-electron chi connectivity index (χ3n) is 0. The molecule has 0 rings (SSSR count). The van der Waals surface area contributed by atoms with Crippen LogP contribution in [0.25, 0.3) is 0 Å². The number of hydrogen-bond donors (Lipinski definition) is 1. The zero-order valence-electron chi connectivity index (χ0n) is 4.38. The van der Waals surface area contributed by atoms with E-state index in [1.54, 1.807) is 0 Å². The molecule has 1 N–H and O–H groups in total. The average molecular weight is 168 g/mol. The second-order valence-electron chi connectivity index (χ2n) is 1.50. The van der Waals surface area contributed by atoms with Crippen LogP contribution in [0.3, 0.4) is 0 Å². The van der Waals surface area contributed by atoms with Crippen LogP contribution in [0, 0.1) is 0 Å². The zero-order chi connectivity index (χ0) is 3.58. The average Bonchev–Trinajstić information content (AvgIpc) is 0.811. The zero-order valence-corrected chi connectivity index (χ0v) is 6.96. The van der Waals surface area contributed by atoms with Crippen LogP contribution in [-0.2, 0) is 0 Å². The van der Waals surface area contributed by atoms with Gasteiger partial charge in [-0.05, 0) is 0 Å². The van der Waals surface area contributed by atoms with E-state index in [9.17, 15) is 0 Å². The minimum Gasteiger partial charge on any atom is -1.00 e. The van der Waals surface area contributed by atoms with E-state index in [0.29, 0.717) is 0 Å². The monoisotopic (exact) mass is 167 g/mol. The Bertz CT molecular complexity index is 15.5. The molecule has 3 heteroatoms. The summed E-state index contributed by atoms with van der Waals surface area (Å²) >= 11 is 0. The predicted molar refractivity (Wildman–Crippen MR) is 24.5 cm³/mol. The van der Waals surface area contributed by atoms with Crippen molar-refractivity contribution in [3.05, 3.63) is 0 Å². The van der Waals surface area contributed by atoms with E-state index < -0.39 is 0 Å². The molecule has 0 heterocycles. The van der Waals surface area contributed by atoms with Crippen molar-refractivity contribution >= 4 is 11.0 Å². The smallest absolute Gasteiger partial charge is 0.0661 e. The number of hydrogen-bond acceptors (Lipinski definition) is 0. The molecule has 6 heavy (non-hydrogen) atoms. The maximum Gasteiger partial charge on any atom is 0.0661 e. The molecule has 0 saturated carbocycles. The fraction of sp³-hybridized carbons (Fsp3) is 1.00. The Balaban J connectivity index is -0.0000000450. The van der Waals surface area contributed by atoms with Crippen molar-refractivity contribution in [3.63, 3.8) is 0 Å². The minimum absolute atomic E-state index is 0. The molecule has 0 unspecified atom stereocenters. The van der Waals surface area contributed by atoms with Gasteiger partial charge >= 0.3 is 0 Å². The number of halogens is 1. The Morgan fingerprint density at radius 3 is 1.00 bits per heavy atom. The maximum atomic E-state index is 2.08. The molecule has 1 nitrogen and oxygen atoms in total. The van der Waals surface area contributed by atoms with Crippen molar-refractivity contribution in [1.82, 2.24) is 0 Å². The largest absolute Gasteiger partial charge is 1.00 e. The molecular weight excluding hydrogens is 158 g/mol. The third-order valence-corrected chi connectivity index (χ3v) is 0. The van der Waals surface area contributed by atoms with E-state index in [-0.39, 0.29) is 27.9 Å². The van der Waals surface area contributed by atoms with E-state index in [2.05, 4.69) is 21.1 Å². The summed E-state index contributed by atoms with van der Waals surface area (Å²) in [5, 5.41) is 0. The summed E-state index contributed by atoms with van der Waals surface area (Å²) in [5.74, 6) is 0. The van der Waals surface area contributed by atoms with Crippen LogP contribution in [0.2, 0.25) is 0 Å². The fourth-order valence-electron chi connectivity index (χ4n) is 0. The Hall–Kier alpha value is 0.657. The van der Waals surface area contributed by atoms with Crippen molar-refractivity contribution in [3.8, 4) is 0 Å². The quantitative estimate of drug-likeness (QED) is 0.347. The molecular formula is C3H10BrNSi. The lowest BCUT2D eigenvalue weighted by Gasteiger charge is -1.88. The second kappa shape index (κ2) is 9.17. The summed E-state index contributed by atoms with van der Waals surface area (Å²) in [5.41, 5.74) is 0. The third kappa shape index (κ3) is 144. The van der Waals surface area contributed by atoms with E-state index in [4.69, 9.17) is 0 Å². The molecule has 0 aliphatic heterocycles. The van der Waals surface area contributed by atoms with Crippen molar-refractivity contribution in [2.75, 3.05) is 21.1 Å². The Kier molecular flexibility index (Phi) is 24.4. The molecule has 0 aliphatic rings. The van der Waals surface area contributed by atoms with Crippen LogP contribution < -0.4 is 21.9 Å². The molecule has 0 saturated heterocycles. The normalized spacial score (nSPS) is 6.00. The fourth-order valence-corrected chi connectivity index (χ4v) is 0. The van der Waals surface area contributed by atoms with Crippen LogP contribution in [0.15, 0.2) is 0 Å². The van der Waals surface area contributed by atoms with Gasteiger partial charge in [0.2, 0.25) is 0 Å². The highest BCUT2D eigenvalue weighted by Gasteiger charge is 1.61. The predicted octanol–water partition coefficient (Wildman–Crippen LogP) is -4.62. The number of quaternary nitrogens is 1. The van der Waals surface area contributed by atoms with Gasteiger partial charge in [0.1, 0.15) is 0 Å². The SMILES string of the molecule is C[NH+](C)C.[Br-].[Si]. The number of rotatable bonds is 0. The topological polar surface area (TPSA) is 4.44 Å². The lowest BCUT2D eigenvalue weighted by atomic mass is 11.0. The first-order valence-electron chi connectivity index (χ1n) is 1.50. The van der Waals surface area contributed by atoms with Gasteiger partial charge in [0, 0.05) is 11.0 Å². The van der Waals surface area contributed by atoms with Gasteiger partial charge in [-0.1, -0.05) is 0 Å². The molecule has 0 fully saturated rings. The lowest BCUT2D eigenvalue weighted by Crippen LogP contribution is -3.02. The minimum atomic E-state index is 0. The van der Waals surface area contributed by atoms with Gasteiger partial charge in [-0.2, -0.15) is 0 Å². The first-order valence-corrected chi connectivity index (χ1v) is 1.50. The van der Waals surface area contributed by atoms with Gasteiger partial charge in [0.05, 0.1) is 21.1 Å². The molecule has 0 amide bonds. The highest BCUT2D eigenvalue weighted by atomic mass is 79.9. The van der Waals surface area contributed by atoms with Gasteiger partial charge in [0.25, 0.3) is 0 Å². The van der Waals surface area contributed by atoms with E-state index >= 15 is 0 Å². The molecule has 0 atom stereocenters. The molecule has 38 valence electrons. The Morgan fingerprint density at radius 1 is 1.00 bits per heavy atom. The summed E-state index contributed by atoms with van der Waals surface area (Å²) in [7, 11) is 6.25. The molecule has 4 radical (unpaired) electrons. The molecule has 0 aromatic rings. The summed E-state index contributed by atoms with van der Waals surface area (Å²) in [4.78, 5) is 1.42. The van der Waals surface area contributed by atoms with E-state index in [1.165, 1.54) is 4.90 Å². The van der Waals surface area contributed by atoms with Crippen molar-refractivity contribution in [2.24, 2.45) is 0 Å². The molecule has 0 aromatic heterocycles. The standard InChI is InChI=1S/C3H9N.BrH.Si/c1-4(2)3;;/h1-3H3;1H;. The second-order valence-corrected chi connectivity index (χ2v) is 1.50. The van der Waals surface area contributed by atoms with Crippen molar-refractivity contribution < 1.29 is 21.9 Å². The van der Waals surface area contributed by atoms with E-state index in [1.807, 2.05) is 0 Å². The van der Waals surface area contributed by atoms with Crippen LogP contribution >= 0.6 is 0 Å². The van der Waals surface area contributed by atoms with Crippen LogP contribution in [0.1, 0.15) is 0 Å². The van der Waals surface area contributed by atoms with Gasteiger partial charge < -0.3 is 21.9 Å². The molecule has 0 spiro atoms. The Morgan fingerprint density at radius 2 is 1.00 bits per heavy atom. The maximum absolute atomic E-state index is 2.08. The van der Waals surface area contributed by atoms with Crippen molar-refractivity contribution in [2.45, 2.75) is 0 Å². The summed E-state index contributed by atoms with van der Waals surface area (Å²) in [6.45, 7) is 0. The first kappa shape index (κ1) is 15.9. The van der Waals surface area contributed by atoms with E-state index in [0.717, 1.165) is 0 Å². The van der Waals surface area contributed by atoms with Crippen LogP contribution in [-0.4, -0.2) is 32.1 Å². The summed E-state index contributed by atoms with van der Waals surface area (Å²) < 4.78 is 0. The van der Waals surface area contributed by atoms with Gasteiger partial charge in [-0.3, -0.25) is 0 Å². The van der Waals surface area contributed by atoms with Gasteiger partial charge in [-0.15, -0.1) is 0 Å². The highest BCUT2D eigenvalue weighted by molar-refractivity contribution is 5.75. The molecule has 0 aliphatic carbocycles. The summed E-state index contributed by atoms with van der Waals surface area (Å²) in [6, 6.07) is 0. The molecule has 0 bridgehead atoms. The number of nitrogens with one attached hydrogen (secondary N) is 1.